The molecule has 1 unspecified atom stereocenters. The highest BCUT2D eigenvalue weighted by Crippen LogP contribution is 2.23. The Balaban J connectivity index is 1.71. The van der Waals surface area contributed by atoms with E-state index >= 15 is 0 Å². The fourth-order valence-electron chi connectivity index (χ4n) is 2.94. The number of rotatable bonds is 5. The van der Waals surface area contributed by atoms with E-state index in [1.807, 2.05) is 51.1 Å². The lowest BCUT2D eigenvalue weighted by atomic mass is 10.1. The van der Waals surface area contributed by atoms with E-state index in [1.165, 1.54) is 0 Å². The first kappa shape index (κ1) is 18.3. The number of nitrogens with one attached hydrogen (secondary N) is 1. The monoisotopic (exact) mass is 356 g/mol. The maximum absolute atomic E-state index is 12.8. The van der Waals surface area contributed by atoms with Gasteiger partial charge in [-0.1, -0.05) is 18.2 Å². The Morgan fingerprint density at radius 3 is 2.65 bits per heavy atom. The van der Waals surface area contributed by atoms with Crippen molar-refractivity contribution in [1.82, 2.24) is 20.4 Å². The third kappa shape index (κ3) is 4.16. The molecule has 1 aromatic carbocycles. The van der Waals surface area contributed by atoms with Crippen molar-refractivity contribution in [2.45, 2.75) is 45.2 Å². The van der Waals surface area contributed by atoms with Crippen molar-refractivity contribution in [1.29, 1.82) is 0 Å². The summed E-state index contributed by atoms with van der Waals surface area (Å²) < 4.78 is 5.56. The second-order valence-electron chi connectivity index (χ2n) is 7.49. The molecule has 1 aromatic heterocycles. The predicted molar refractivity (Wildman–Crippen MR) is 96.6 cm³/mol. The largest absolute Gasteiger partial charge is 0.414 e. The van der Waals surface area contributed by atoms with Crippen LogP contribution in [0.25, 0.3) is 11.5 Å². The molecule has 0 aliphatic carbocycles. The lowest BCUT2D eigenvalue weighted by Crippen LogP contribution is -2.48. The molecule has 138 valence electrons. The molecule has 0 bridgehead atoms. The molecule has 2 heterocycles. The molecule has 0 spiro atoms. The van der Waals surface area contributed by atoms with Crippen LogP contribution in [0.1, 0.15) is 44.3 Å². The van der Waals surface area contributed by atoms with Gasteiger partial charge in [-0.15, -0.1) is 10.2 Å². The molecule has 1 fully saturated rings. The molecule has 0 saturated carbocycles. The van der Waals surface area contributed by atoms with Gasteiger partial charge in [0, 0.05) is 17.6 Å². The van der Waals surface area contributed by atoms with E-state index in [0.717, 1.165) is 12.0 Å². The quantitative estimate of drug-likeness (QED) is 0.827. The average Bonchev–Trinajstić information content (AvgIpc) is 3.28. The van der Waals surface area contributed by atoms with E-state index in [-0.39, 0.29) is 29.7 Å². The van der Waals surface area contributed by atoms with Crippen LogP contribution in [-0.4, -0.2) is 51.5 Å². The molecule has 1 aliphatic rings. The smallest absolute Gasteiger partial charge is 0.286 e. The van der Waals surface area contributed by atoms with E-state index in [9.17, 15) is 9.59 Å². The highest BCUT2D eigenvalue weighted by molar-refractivity contribution is 5.99. The number of Topliss-reactive ketones (excluding diaryl/α,β-unsaturated/α-hetero) is 1. The average molecular weight is 356 g/mol. The Kier molecular flexibility index (Phi) is 5.18. The summed E-state index contributed by atoms with van der Waals surface area (Å²) in [7, 11) is 0. The van der Waals surface area contributed by atoms with Gasteiger partial charge in [0.25, 0.3) is 5.89 Å². The Morgan fingerprint density at radius 2 is 1.96 bits per heavy atom. The zero-order valence-electron chi connectivity index (χ0n) is 15.4. The fraction of sp³-hybridized carbons (Fsp3) is 0.474. The van der Waals surface area contributed by atoms with Crippen molar-refractivity contribution in [3.63, 3.8) is 0 Å². The number of hydrogen-bond acceptors (Lipinski definition) is 6. The number of ketones is 1. The van der Waals surface area contributed by atoms with Gasteiger partial charge < -0.3 is 14.6 Å². The van der Waals surface area contributed by atoms with E-state index in [2.05, 4.69) is 15.5 Å². The first-order valence-corrected chi connectivity index (χ1v) is 8.83. The molecule has 1 aliphatic heterocycles. The van der Waals surface area contributed by atoms with E-state index in [1.54, 1.807) is 4.90 Å². The molecule has 3 rings (SSSR count). The van der Waals surface area contributed by atoms with Gasteiger partial charge in [-0.05, 0) is 45.7 Å². The third-order valence-electron chi connectivity index (χ3n) is 4.30. The van der Waals surface area contributed by atoms with Crippen LogP contribution in [0, 0.1) is 0 Å². The van der Waals surface area contributed by atoms with E-state index < -0.39 is 6.04 Å². The molecular weight excluding hydrogens is 332 g/mol. The first-order chi connectivity index (χ1) is 12.3. The van der Waals surface area contributed by atoms with Gasteiger partial charge in [0.15, 0.2) is 0 Å². The standard InChI is InChI=1S/C19H24N4O3/c1-19(2,3)20-12-15(24)23-11-7-10-14(23)16(25)18-22-21-17(26-18)13-8-5-4-6-9-13/h4-6,8-9,14,20H,7,10-12H2,1-3H3. The summed E-state index contributed by atoms with van der Waals surface area (Å²) in [6.07, 6.45) is 1.40. The van der Waals surface area contributed by atoms with Crippen LogP contribution in [0.2, 0.25) is 0 Å². The van der Waals surface area contributed by atoms with Crippen LogP contribution in [0.3, 0.4) is 0 Å². The molecular formula is C19H24N4O3. The van der Waals surface area contributed by atoms with Gasteiger partial charge in [-0.3, -0.25) is 9.59 Å². The van der Waals surface area contributed by atoms with Gasteiger partial charge in [-0.2, -0.15) is 0 Å². The molecule has 1 saturated heterocycles. The number of carbonyl (C=O) groups is 2. The summed E-state index contributed by atoms with van der Waals surface area (Å²) in [6, 6.07) is 8.76. The molecule has 7 nitrogen and oxygen atoms in total. The van der Waals surface area contributed by atoms with Crippen molar-refractivity contribution in [2.75, 3.05) is 13.1 Å². The van der Waals surface area contributed by atoms with Crippen molar-refractivity contribution >= 4 is 11.7 Å². The first-order valence-electron chi connectivity index (χ1n) is 8.83. The third-order valence-corrected chi connectivity index (χ3v) is 4.30. The van der Waals surface area contributed by atoms with E-state index in [4.69, 9.17) is 4.42 Å². The van der Waals surface area contributed by atoms with Crippen molar-refractivity contribution in [3.05, 3.63) is 36.2 Å². The minimum Gasteiger partial charge on any atom is -0.414 e. The van der Waals surface area contributed by atoms with Crippen LogP contribution in [-0.2, 0) is 4.79 Å². The number of carbonyl (C=O) groups excluding carboxylic acids is 2. The van der Waals surface area contributed by atoms with Gasteiger partial charge in [0.1, 0.15) is 6.04 Å². The molecule has 1 amide bonds. The van der Waals surface area contributed by atoms with Gasteiger partial charge in [-0.25, -0.2) is 0 Å². The van der Waals surface area contributed by atoms with Crippen molar-refractivity contribution in [2.24, 2.45) is 0 Å². The maximum atomic E-state index is 12.8. The van der Waals surface area contributed by atoms with Gasteiger partial charge >= 0.3 is 0 Å². The van der Waals surface area contributed by atoms with Crippen LogP contribution in [0.15, 0.2) is 34.7 Å². The fourth-order valence-corrected chi connectivity index (χ4v) is 2.94. The number of aromatic nitrogens is 2. The molecule has 7 heteroatoms. The Labute approximate surface area is 152 Å². The Bertz CT molecular complexity index is 780. The van der Waals surface area contributed by atoms with Crippen LogP contribution < -0.4 is 5.32 Å². The number of nitrogens with zero attached hydrogens (tertiary/aromatic N) is 3. The molecule has 26 heavy (non-hydrogen) atoms. The zero-order chi connectivity index (χ0) is 18.7. The van der Waals surface area contributed by atoms with Gasteiger partial charge in [0.05, 0.1) is 6.54 Å². The highest BCUT2D eigenvalue weighted by atomic mass is 16.4. The molecule has 0 radical (unpaired) electrons. The summed E-state index contributed by atoms with van der Waals surface area (Å²) in [4.78, 5) is 26.9. The lowest BCUT2D eigenvalue weighted by Gasteiger charge is -2.26. The van der Waals surface area contributed by atoms with Crippen molar-refractivity contribution < 1.29 is 14.0 Å². The van der Waals surface area contributed by atoms with Crippen LogP contribution >= 0.6 is 0 Å². The Morgan fingerprint density at radius 1 is 1.23 bits per heavy atom. The van der Waals surface area contributed by atoms with Gasteiger partial charge in [0.2, 0.25) is 17.6 Å². The Hall–Kier alpha value is -2.54. The molecule has 1 N–H and O–H groups in total. The molecule has 2 aromatic rings. The SMILES string of the molecule is CC(C)(C)NCC(=O)N1CCCC1C(=O)c1nnc(-c2ccccc2)o1. The minimum atomic E-state index is -0.534. The molecule has 1 atom stereocenters. The summed E-state index contributed by atoms with van der Waals surface area (Å²) in [6.45, 7) is 6.76. The normalized spacial score (nSPS) is 17.5. The summed E-state index contributed by atoms with van der Waals surface area (Å²) in [5.74, 6) is -0.114. The number of benzene rings is 1. The minimum absolute atomic E-state index is 0.0441. The maximum Gasteiger partial charge on any atom is 0.286 e. The predicted octanol–water partition coefficient (Wildman–Crippen LogP) is 2.30. The van der Waals surface area contributed by atoms with Crippen LogP contribution in [0.4, 0.5) is 0 Å². The zero-order valence-corrected chi connectivity index (χ0v) is 15.4. The number of hydrogen-bond donors (Lipinski definition) is 1. The summed E-state index contributed by atoms with van der Waals surface area (Å²) in [5.41, 5.74) is 0.596. The van der Waals surface area contributed by atoms with Crippen molar-refractivity contribution in [3.8, 4) is 11.5 Å². The second-order valence-corrected chi connectivity index (χ2v) is 7.49. The number of likely N-dealkylation sites (tertiary alicyclic amines) is 1. The highest BCUT2D eigenvalue weighted by Gasteiger charge is 2.37. The number of amides is 1. The summed E-state index contributed by atoms with van der Waals surface area (Å²) >= 11 is 0. The topological polar surface area (TPSA) is 88.3 Å². The summed E-state index contributed by atoms with van der Waals surface area (Å²) in [5, 5.41) is 11.0. The lowest BCUT2D eigenvalue weighted by molar-refractivity contribution is -0.130. The second kappa shape index (κ2) is 7.37. The van der Waals surface area contributed by atoms with E-state index in [0.29, 0.717) is 18.9 Å². The van der Waals surface area contributed by atoms with Crippen LogP contribution in [0.5, 0.6) is 0 Å².